The van der Waals surface area contributed by atoms with Gasteiger partial charge in [0.1, 0.15) is 24.4 Å². The number of fused-ring (bicyclic) bond motifs is 1. The molecule has 3 fully saturated rings. The third-order valence-corrected chi connectivity index (χ3v) is 7.83. The minimum absolute atomic E-state index is 0.0530. The molecule has 3 rings (SSSR count). The lowest BCUT2D eigenvalue weighted by Gasteiger charge is -2.60. The molecule has 11 atom stereocenters. The van der Waals surface area contributed by atoms with Gasteiger partial charge in [-0.2, -0.15) is 0 Å². The van der Waals surface area contributed by atoms with Crippen molar-refractivity contribution in [3.63, 3.8) is 0 Å². The quantitative estimate of drug-likeness (QED) is 0.368. The summed E-state index contributed by atoms with van der Waals surface area (Å²) in [6.07, 6.45) is -5.37. The first kappa shape index (κ1) is 23.3. The highest BCUT2D eigenvalue weighted by Crippen LogP contribution is 2.57. The maximum atomic E-state index is 11.3. The van der Waals surface area contributed by atoms with Crippen LogP contribution in [-0.2, 0) is 9.47 Å². The molecular weight excluding hydrogens is 380 g/mol. The van der Waals surface area contributed by atoms with Crippen molar-refractivity contribution in [2.24, 2.45) is 23.2 Å². The Kier molecular flexibility index (Phi) is 6.69. The molecule has 1 aliphatic heterocycles. The zero-order valence-corrected chi connectivity index (χ0v) is 17.8. The first-order valence-electron chi connectivity index (χ1n) is 10.8. The molecule has 8 heteroatoms. The molecule has 0 radical (unpaired) electrons. The van der Waals surface area contributed by atoms with Gasteiger partial charge in [-0.3, -0.25) is 0 Å². The van der Waals surface area contributed by atoms with Crippen LogP contribution in [0.5, 0.6) is 0 Å². The smallest absolute Gasteiger partial charge is 0.186 e. The summed E-state index contributed by atoms with van der Waals surface area (Å²) in [6, 6.07) is 0. The van der Waals surface area contributed by atoms with Crippen LogP contribution in [0.25, 0.3) is 0 Å². The molecule has 0 aromatic heterocycles. The molecule has 6 N–H and O–H groups in total. The van der Waals surface area contributed by atoms with Gasteiger partial charge in [0.2, 0.25) is 0 Å². The van der Waals surface area contributed by atoms with Gasteiger partial charge in [0, 0.05) is 11.3 Å². The van der Waals surface area contributed by atoms with E-state index in [2.05, 4.69) is 13.8 Å². The predicted octanol–water partition coefficient (Wildman–Crippen LogP) is -0.234. The van der Waals surface area contributed by atoms with E-state index in [1.807, 2.05) is 6.92 Å². The first-order valence-corrected chi connectivity index (χ1v) is 10.8. The van der Waals surface area contributed by atoms with Crippen molar-refractivity contribution in [2.75, 3.05) is 6.61 Å². The fourth-order valence-corrected chi connectivity index (χ4v) is 6.00. The topological polar surface area (TPSA) is 140 Å². The molecule has 0 aromatic carbocycles. The summed E-state index contributed by atoms with van der Waals surface area (Å²) in [7, 11) is 0. The molecule has 8 nitrogen and oxygen atoms in total. The minimum atomic E-state index is -1.52. The second kappa shape index (κ2) is 8.31. The summed E-state index contributed by atoms with van der Waals surface area (Å²) >= 11 is 0. The fourth-order valence-electron chi connectivity index (χ4n) is 6.00. The van der Waals surface area contributed by atoms with Gasteiger partial charge in [-0.1, -0.05) is 20.8 Å². The SMILES string of the molecule is CC(C)[C@@H]1CC[C@]2(C)[C@@H](O)CC[C@](C)(O)[C@H]2[C@@H]1O[C@@H]1O[C@H](CO)[C@@H](O)[C@H](O)[C@H]1O. The van der Waals surface area contributed by atoms with E-state index in [1.54, 1.807) is 6.92 Å². The summed E-state index contributed by atoms with van der Waals surface area (Å²) in [5.41, 5.74) is -1.62. The summed E-state index contributed by atoms with van der Waals surface area (Å²) in [6.45, 7) is 7.38. The standard InChI is InChI=1S/C21H38O8/c1-10(2)11-5-7-20(3)13(23)6-8-21(4,27)18(20)17(11)29-19-16(26)15(25)14(24)12(9-22)28-19/h10-19,22-27H,5-9H2,1-4H3/t11-,12+,13-,14+,15-,16+,17+,18-,19-,20+,21-/m0/s1. The number of rotatable bonds is 4. The maximum Gasteiger partial charge on any atom is 0.186 e. The number of ether oxygens (including phenoxy) is 2. The lowest BCUT2D eigenvalue weighted by atomic mass is 9.50. The Bertz CT molecular complexity index is 567. The van der Waals surface area contributed by atoms with E-state index in [9.17, 15) is 30.6 Å². The van der Waals surface area contributed by atoms with Crippen LogP contribution in [0.4, 0.5) is 0 Å². The van der Waals surface area contributed by atoms with Crippen LogP contribution >= 0.6 is 0 Å². The molecule has 3 aliphatic rings. The Labute approximate surface area is 172 Å². The Balaban J connectivity index is 1.94. The predicted molar refractivity (Wildman–Crippen MR) is 104 cm³/mol. The molecule has 1 saturated heterocycles. The van der Waals surface area contributed by atoms with Crippen molar-refractivity contribution in [3.05, 3.63) is 0 Å². The molecule has 29 heavy (non-hydrogen) atoms. The van der Waals surface area contributed by atoms with Crippen molar-refractivity contribution < 1.29 is 40.1 Å². The van der Waals surface area contributed by atoms with E-state index in [0.717, 1.165) is 12.8 Å². The van der Waals surface area contributed by atoms with Crippen molar-refractivity contribution in [1.82, 2.24) is 0 Å². The summed E-state index contributed by atoms with van der Waals surface area (Å²) in [5, 5.41) is 62.2. The normalized spacial score (nSPS) is 53.7. The average molecular weight is 419 g/mol. The fraction of sp³-hybridized carbons (Fsp3) is 1.00. The Morgan fingerprint density at radius 1 is 1.00 bits per heavy atom. The summed E-state index contributed by atoms with van der Waals surface area (Å²) in [4.78, 5) is 0. The minimum Gasteiger partial charge on any atom is -0.394 e. The van der Waals surface area contributed by atoms with Crippen LogP contribution in [0, 0.1) is 23.2 Å². The molecular formula is C21H38O8. The Hall–Kier alpha value is -0.320. The Morgan fingerprint density at radius 3 is 2.24 bits per heavy atom. The zero-order valence-electron chi connectivity index (χ0n) is 17.8. The van der Waals surface area contributed by atoms with E-state index >= 15 is 0 Å². The van der Waals surface area contributed by atoms with Crippen LogP contribution in [0.1, 0.15) is 53.4 Å². The maximum absolute atomic E-state index is 11.3. The van der Waals surface area contributed by atoms with Crippen LogP contribution in [-0.4, -0.2) is 85.8 Å². The van der Waals surface area contributed by atoms with Crippen molar-refractivity contribution in [3.8, 4) is 0 Å². The van der Waals surface area contributed by atoms with E-state index in [4.69, 9.17) is 9.47 Å². The van der Waals surface area contributed by atoms with Crippen molar-refractivity contribution in [1.29, 1.82) is 0 Å². The third-order valence-electron chi connectivity index (χ3n) is 7.83. The zero-order chi connectivity index (χ0) is 21.7. The van der Waals surface area contributed by atoms with E-state index < -0.39 is 66.5 Å². The summed E-state index contributed by atoms with van der Waals surface area (Å²) < 4.78 is 11.9. The highest BCUT2D eigenvalue weighted by molar-refractivity contribution is 5.09. The number of aliphatic hydroxyl groups excluding tert-OH is 5. The third kappa shape index (κ3) is 3.99. The van der Waals surface area contributed by atoms with Crippen LogP contribution in [0.2, 0.25) is 0 Å². The molecule has 170 valence electrons. The monoisotopic (exact) mass is 418 g/mol. The molecule has 0 unspecified atom stereocenters. The summed E-state index contributed by atoms with van der Waals surface area (Å²) in [5.74, 6) is -0.117. The van der Waals surface area contributed by atoms with Gasteiger partial charge < -0.3 is 40.1 Å². The van der Waals surface area contributed by atoms with Crippen LogP contribution < -0.4 is 0 Å². The van der Waals surface area contributed by atoms with Gasteiger partial charge in [-0.05, 0) is 44.4 Å². The molecule has 0 aromatic rings. The lowest BCUT2D eigenvalue weighted by molar-refractivity contribution is -0.338. The molecule has 1 heterocycles. The molecule has 0 spiro atoms. The number of hydrogen-bond donors (Lipinski definition) is 6. The van der Waals surface area contributed by atoms with Gasteiger partial charge in [-0.25, -0.2) is 0 Å². The highest BCUT2D eigenvalue weighted by Gasteiger charge is 2.61. The van der Waals surface area contributed by atoms with Crippen LogP contribution in [0.3, 0.4) is 0 Å². The second-order valence-corrected chi connectivity index (χ2v) is 10.1. The van der Waals surface area contributed by atoms with E-state index in [0.29, 0.717) is 12.8 Å². The van der Waals surface area contributed by atoms with E-state index in [-0.39, 0.29) is 11.8 Å². The lowest BCUT2D eigenvalue weighted by Crippen LogP contribution is -2.66. The van der Waals surface area contributed by atoms with Crippen molar-refractivity contribution in [2.45, 2.75) is 102 Å². The Morgan fingerprint density at radius 2 is 1.66 bits per heavy atom. The molecule has 0 amide bonds. The number of aliphatic hydroxyl groups is 6. The highest BCUT2D eigenvalue weighted by atomic mass is 16.7. The molecule has 2 saturated carbocycles. The van der Waals surface area contributed by atoms with Gasteiger partial charge >= 0.3 is 0 Å². The van der Waals surface area contributed by atoms with Crippen LogP contribution in [0.15, 0.2) is 0 Å². The van der Waals surface area contributed by atoms with Gasteiger partial charge in [0.05, 0.1) is 24.4 Å². The van der Waals surface area contributed by atoms with E-state index in [1.165, 1.54) is 0 Å². The van der Waals surface area contributed by atoms with Gasteiger partial charge in [-0.15, -0.1) is 0 Å². The first-order chi connectivity index (χ1) is 13.4. The van der Waals surface area contributed by atoms with Gasteiger partial charge in [0.25, 0.3) is 0 Å². The molecule has 2 aliphatic carbocycles. The van der Waals surface area contributed by atoms with Gasteiger partial charge in [0.15, 0.2) is 6.29 Å². The number of hydrogen-bond acceptors (Lipinski definition) is 8. The second-order valence-electron chi connectivity index (χ2n) is 10.1. The van der Waals surface area contributed by atoms with Crippen molar-refractivity contribution >= 4 is 0 Å². The largest absolute Gasteiger partial charge is 0.394 e. The average Bonchev–Trinajstić information content (AvgIpc) is 2.65. The molecule has 0 bridgehead atoms.